The molecule has 0 radical (unpaired) electrons. The van der Waals surface area contributed by atoms with Gasteiger partial charge in [-0.1, -0.05) is 6.07 Å². The van der Waals surface area contributed by atoms with E-state index in [1.807, 2.05) is 12.1 Å². The van der Waals surface area contributed by atoms with Gasteiger partial charge in [0.05, 0.1) is 7.11 Å². The minimum atomic E-state index is 0.204. The summed E-state index contributed by atoms with van der Waals surface area (Å²) in [6.45, 7) is 6.58. The van der Waals surface area contributed by atoms with Crippen molar-refractivity contribution in [2.24, 2.45) is 0 Å². The molecule has 1 N–H and O–H groups in total. The molecule has 1 fully saturated rings. The number of benzene rings is 1. The second kappa shape index (κ2) is 6.26. The van der Waals surface area contributed by atoms with Crippen molar-refractivity contribution in [3.05, 3.63) is 23.8 Å². The van der Waals surface area contributed by atoms with Gasteiger partial charge in [0.1, 0.15) is 0 Å². The van der Waals surface area contributed by atoms with E-state index < -0.39 is 0 Å². The number of ether oxygens (including phenoxy) is 1. The zero-order valence-electron chi connectivity index (χ0n) is 12.1. The van der Waals surface area contributed by atoms with Crippen LogP contribution >= 0.6 is 0 Å². The third-order valence-electron chi connectivity index (χ3n) is 3.81. The Balaban J connectivity index is 2.07. The highest BCUT2D eigenvalue weighted by Gasteiger charge is 2.19. The SMILES string of the molecule is COc1cc(CN2CCCN(C)CC2C)ccc1O. The van der Waals surface area contributed by atoms with Gasteiger partial charge in [-0.3, -0.25) is 4.90 Å². The number of likely N-dealkylation sites (N-methyl/N-ethyl adjacent to an activating group) is 1. The van der Waals surface area contributed by atoms with E-state index in [1.165, 1.54) is 18.5 Å². The summed E-state index contributed by atoms with van der Waals surface area (Å²) in [5.41, 5.74) is 1.19. The van der Waals surface area contributed by atoms with Crippen LogP contribution in [0.25, 0.3) is 0 Å². The van der Waals surface area contributed by atoms with Gasteiger partial charge in [-0.05, 0) is 44.6 Å². The first kappa shape index (κ1) is 14.2. The van der Waals surface area contributed by atoms with Crippen LogP contribution in [-0.2, 0) is 6.54 Å². The molecule has 1 aromatic rings. The predicted molar refractivity (Wildman–Crippen MR) is 76.6 cm³/mol. The number of rotatable bonds is 3. The average Bonchev–Trinajstić information content (AvgIpc) is 2.53. The number of aromatic hydroxyl groups is 1. The Morgan fingerprint density at radius 1 is 1.37 bits per heavy atom. The molecule has 0 saturated carbocycles. The highest BCUT2D eigenvalue weighted by atomic mass is 16.5. The van der Waals surface area contributed by atoms with Crippen LogP contribution in [0.15, 0.2) is 18.2 Å². The lowest BCUT2D eigenvalue weighted by molar-refractivity contribution is 0.194. The van der Waals surface area contributed by atoms with Crippen molar-refractivity contribution in [1.82, 2.24) is 9.80 Å². The van der Waals surface area contributed by atoms with Crippen molar-refractivity contribution in [2.45, 2.75) is 25.9 Å². The van der Waals surface area contributed by atoms with E-state index in [-0.39, 0.29) is 5.75 Å². The van der Waals surface area contributed by atoms with Crippen LogP contribution in [0.5, 0.6) is 11.5 Å². The quantitative estimate of drug-likeness (QED) is 0.905. The van der Waals surface area contributed by atoms with Crippen molar-refractivity contribution >= 4 is 0 Å². The molecular formula is C15H24N2O2. The molecule has 2 rings (SSSR count). The molecule has 0 aliphatic carbocycles. The van der Waals surface area contributed by atoms with Crippen LogP contribution in [0.3, 0.4) is 0 Å². The lowest BCUT2D eigenvalue weighted by Crippen LogP contribution is -2.37. The van der Waals surface area contributed by atoms with E-state index in [4.69, 9.17) is 4.74 Å². The molecule has 19 heavy (non-hydrogen) atoms. The summed E-state index contributed by atoms with van der Waals surface area (Å²) < 4.78 is 5.17. The summed E-state index contributed by atoms with van der Waals surface area (Å²) in [4.78, 5) is 4.89. The van der Waals surface area contributed by atoms with Crippen molar-refractivity contribution in [3.63, 3.8) is 0 Å². The van der Waals surface area contributed by atoms with Gasteiger partial charge in [0.25, 0.3) is 0 Å². The number of phenolic OH excluding ortho intramolecular Hbond substituents is 1. The van der Waals surface area contributed by atoms with E-state index in [0.29, 0.717) is 11.8 Å². The van der Waals surface area contributed by atoms with Crippen LogP contribution in [0.1, 0.15) is 18.9 Å². The normalized spacial score (nSPS) is 22.2. The van der Waals surface area contributed by atoms with E-state index in [1.54, 1.807) is 13.2 Å². The standard InChI is InChI=1S/C15H24N2O2/c1-12-10-16(2)7-4-8-17(12)11-13-5-6-14(18)15(9-13)19-3/h5-6,9,12,18H,4,7-8,10-11H2,1-3H3. The van der Waals surface area contributed by atoms with Crippen LogP contribution in [0.4, 0.5) is 0 Å². The fourth-order valence-corrected chi connectivity index (χ4v) is 2.71. The number of hydrogen-bond donors (Lipinski definition) is 1. The van der Waals surface area contributed by atoms with Crippen LogP contribution in [-0.4, -0.2) is 54.7 Å². The molecule has 1 aliphatic heterocycles. The molecule has 1 aliphatic rings. The summed E-state index contributed by atoms with van der Waals surface area (Å²) in [6, 6.07) is 6.16. The molecule has 0 spiro atoms. The molecule has 4 heteroatoms. The van der Waals surface area contributed by atoms with Crippen LogP contribution in [0, 0.1) is 0 Å². The number of methoxy groups -OCH3 is 1. The van der Waals surface area contributed by atoms with Crippen LogP contribution in [0.2, 0.25) is 0 Å². The number of phenols is 1. The fourth-order valence-electron chi connectivity index (χ4n) is 2.71. The second-order valence-corrected chi connectivity index (χ2v) is 5.44. The molecule has 4 nitrogen and oxygen atoms in total. The van der Waals surface area contributed by atoms with Crippen LogP contribution < -0.4 is 4.74 Å². The van der Waals surface area contributed by atoms with Gasteiger partial charge < -0.3 is 14.7 Å². The second-order valence-electron chi connectivity index (χ2n) is 5.44. The van der Waals surface area contributed by atoms with Gasteiger partial charge in [0, 0.05) is 25.7 Å². The van der Waals surface area contributed by atoms with Crippen molar-refractivity contribution in [2.75, 3.05) is 33.8 Å². The summed E-state index contributed by atoms with van der Waals surface area (Å²) in [7, 11) is 3.77. The zero-order valence-corrected chi connectivity index (χ0v) is 12.1. The van der Waals surface area contributed by atoms with E-state index in [9.17, 15) is 5.11 Å². The maximum absolute atomic E-state index is 9.63. The first-order valence-electron chi connectivity index (χ1n) is 6.88. The molecule has 1 aromatic carbocycles. The Labute approximate surface area is 115 Å². The van der Waals surface area contributed by atoms with Gasteiger partial charge in [0.2, 0.25) is 0 Å². The van der Waals surface area contributed by atoms with Gasteiger partial charge in [-0.2, -0.15) is 0 Å². The van der Waals surface area contributed by atoms with Gasteiger partial charge in [-0.25, -0.2) is 0 Å². The summed E-state index contributed by atoms with van der Waals surface area (Å²) in [6.07, 6.45) is 1.20. The molecule has 1 atom stereocenters. The Morgan fingerprint density at radius 3 is 2.89 bits per heavy atom. The maximum atomic E-state index is 9.63. The molecule has 106 valence electrons. The molecular weight excluding hydrogens is 240 g/mol. The van der Waals surface area contributed by atoms with Crippen molar-refractivity contribution < 1.29 is 9.84 Å². The molecule has 1 saturated heterocycles. The topological polar surface area (TPSA) is 35.9 Å². The monoisotopic (exact) mass is 264 g/mol. The van der Waals surface area contributed by atoms with Crippen molar-refractivity contribution in [1.29, 1.82) is 0 Å². The lowest BCUT2D eigenvalue weighted by Gasteiger charge is -2.28. The highest BCUT2D eigenvalue weighted by molar-refractivity contribution is 5.41. The summed E-state index contributed by atoms with van der Waals surface area (Å²) in [5, 5.41) is 9.63. The molecule has 0 aromatic heterocycles. The number of nitrogens with zero attached hydrogens (tertiary/aromatic N) is 2. The Kier molecular flexibility index (Phi) is 4.66. The third kappa shape index (κ3) is 3.61. The minimum absolute atomic E-state index is 0.204. The fraction of sp³-hybridized carbons (Fsp3) is 0.600. The Hall–Kier alpha value is -1.26. The zero-order chi connectivity index (χ0) is 13.8. The number of hydrogen-bond acceptors (Lipinski definition) is 4. The Morgan fingerprint density at radius 2 is 2.16 bits per heavy atom. The highest BCUT2D eigenvalue weighted by Crippen LogP contribution is 2.27. The molecule has 0 bridgehead atoms. The van der Waals surface area contributed by atoms with E-state index >= 15 is 0 Å². The largest absolute Gasteiger partial charge is 0.504 e. The summed E-state index contributed by atoms with van der Waals surface area (Å²) >= 11 is 0. The van der Waals surface area contributed by atoms with Crippen molar-refractivity contribution in [3.8, 4) is 11.5 Å². The average molecular weight is 264 g/mol. The first-order chi connectivity index (χ1) is 9.10. The molecule has 1 unspecified atom stereocenters. The molecule has 1 heterocycles. The van der Waals surface area contributed by atoms with Gasteiger partial charge >= 0.3 is 0 Å². The third-order valence-corrected chi connectivity index (χ3v) is 3.81. The first-order valence-corrected chi connectivity index (χ1v) is 6.88. The lowest BCUT2D eigenvalue weighted by atomic mass is 10.1. The smallest absolute Gasteiger partial charge is 0.160 e. The summed E-state index contributed by atoms with van der Waals surface area (Å²) in [5.74, 6) is 0.756. The van der Waals surface area contributed by atoms with Gasteiger partial charge in [0.15, 0.2) is 11.5 Å². The molecule has 0 amide bonds. The van der Waals surface area contributed by atoms with E-state index in [2.05, 4.69) is 23.8 Å². The Bertz CT molecular complexity index is 423. The van der Waals surface area contributed by atoms with E-state index in [0.717, 1.165) is 19.6 Å². The maximum Gasteiger partial charge on any atom is 0.160 e. The predicted octanol–water partition coefficient (Wildman–Crippen LogP) is 1.93. The minimum Gasteiger partial charge on any atom is -0.504 e. The van der Waals surface area contributed by atoms with Gasteiger partial charge in [-0.15, -0.1) is 0 Å².